The number of imide groups is 1. The number of carbonyl (C=O) groups is 3. The van der Waals surface area contributed by atoms with Gasteiger partial charge in [-0.05, 0) is 42.2 Å². The first-order valence-corrected chi connectivity index (χ1v) is 9.26. The van der Waals surface area contributed by atoms with Crippen LogP contribution in [-0.4, -0.2) is 35.5 Å². The second kappa shape index (κ2) is 5.68. The van der Waals surface area contributed by atoms with E-state index in [9.17, 15) is 27.6 Å². The van der Waals surface area contributed by atoms with Gasteiger partial charge >= 0.3 is 12.1 Å². The van der Waals surface area contributed by atoms with E-state index >= 15 is 0 Å². The highest BCUT2D eigenvalue weighted by Gasteiger charge is 2.67. The Hall–Kier alpha value is -2.64. The lowest BCUT2D eigenvalue weighted by molar-refractivity contribution is -0.171. The molecule has 0 radical (unpaired) electrons. The Morgan fingerprint density at radius 3 is 2.04 bits per heavy atom. The summed E-state index contributed by atoms with van der Waals surface area (Å²) in [4.78, 5) is 39.3. The number of para-hydroxylation sites is 1. The number of amides is 3. The Balaban J connectivity index is 1.46. The standard InChI is InChI=1S/C20H17F3N2O3/c21-20(22,23)19(28)24(10-4-2-1-3-5-10)9-25-17(26)15-11-6-7-12(14-8-13(11)14)16(15)18(25)27/h1-7,11-16H,8-9H2/t11-,12-,13-,14+,15-,16+/m1/s1. The minimum absolute atomic E-state index is 0.00996. The Bertz CT molecular complexity index is 862. The molecule has 2 saturated carbocycles. The summed E-state index contributed by atoms with van der Waals surface area (Å²) in [6.45, 7) is -0.720. The summed E-state index contributed by atoms with van der Waals surface area (Å²) in [6, 6.07) is 7.30. The number of nitrogens with zero attached hydrogens (tertiary/aromatic N) is 2. The SMILES string of the molecule is O=C1[C@@H]2[C@@H]3C=C[C@H]([C@@H]4C[C@H]34)[C@@H]2C(=O)N1CN(C(=O)C(F)(F)F)c1ccccc1. The highest BCUT2D eigenvalue weighted by Crippen LogP contribution is 2.65. The van der Waals surface area contributed by atoms with Crippen LogP contribution < -0.4 is 4.90 Å². The number of rotatable bonds is 3. The van der Waals surface area contributed by atoms with Crippen LogP contribution in [0.4, 0.5) is 18.9 Å². The van der Waals surface area contributed by atoms with Gasteiger partial charge in [0.25, 0.3) is 0 Å². The fourth-order valence-electron chi connectivity index (χ4n) is 5.32. The molecule has 3 amide bonds. The van der Waals surface area contributed by atoms with Crippen LogP contribution in [-0.2, 0) is 14.4 Å². The number of allylic oxidation sites excluding steroid dienone is 2. The summed E-state index contributed by atoms with van der Waals surface area (Å²) in [6.07, 6.45) is -0.135. The number of halogens is 3. The number of benzene rings is 1. The highest BCUT2D eigenvalue weighted by atomic mass is 19.4. The van der Waals surface area contributed by atoms with E-state index < -0.39 is 42.4 Å². The number of anilines is 1. The molecule has 1 aromatic carbocycles. The summed E-state index contributed by atoms with van der Waals surface area (Å²) in [5, 5.41) is 0. The van der Waals surface area contributed by atoms with E-state index in [-0.39, 0.29) is 17.5 Å². The number of alkyl halides is 3. The lowest BCUT2D eigenvalue weighted by atomic mass is 9.63. The van der Waals surface area contributed by atoms with Crippen LogP contribution in [0.3, 0.4) is 0 Å². The third-order valence-corrected chi connectivity index (χ3v) is 6.59. The van der Waals surface area contributed by atoms with Crippen LogP contribution in [0.1, 0.15) is 6.42 Å². The Morgan fingerprint density at radius 1 is 1.00 bits per heavy atom. The summed E-state index contributed by atoms with van der Waals surface area (Å²) in [7, 11) is 0. The summed E-state index contributed by atoms with van der Waals surface area (Å²) in [5.74, 6) is -3.29. The molecule has 0 aromatic heterocycles. The first kappa shape index (κ1) is 17.5. The molecule has 3 fully saturated rings. The van der Waals surface area contributed by atoms with Gasteiger partial charge in [-0.3, -0.25) is 24.2 Å². The van der Waals surface area contributed by atoms with Crippen molar-refractivity contribution in [3.05, 3.63) is 42.5 Å². The maximum Gasteiger partial charge on any atom is 0.471 e. The third kappa shape index (κ3) is 2.36. The van der Waals surface area contributed by atoms with E-state index in [1.165, 1.54) is 24.3 Å². The molecule has 2 bridgehead atoms. The number of hydrogen-bond acceptors (Lipinski definition) is 3. The predicted molar refractivity (Wildman–Crippen MR) is 91.4 cm³/mol. The second-order valence-electron chi connectivity index (χ2n) is 7.97. The van der Waals surface area contributed by atoms with E-state index in [1.54, 1.807) is 6.07 Å². The van der Waals surface area contributed by atoms with E-state index in [0.29, 0.717) is 16.7 Å². The van der Waals surface area contributed by atoms with Crippen LogP contribution in [0.2, 0.25) is 0 Å². The Labute approximate surface area is 158 Å². The van der Waals surface area contributed by atoms with Gasteiger partial charge in [-0.1, -0.05) is 30.4 Å². The molecule has 1 aromatic rings. The second-order valence-corrected chi connectivity index (χ2v) is 7.97. The molecule has 28 heavy (non-hydrogen) atoms. The molecular weight excluding hydrogens is 373 g/mol. The molecule has 5 nitrogen and oxygen atoms in total. The quantitative estimate of drug-likeness (QED) is 0.589. The van der Waals surface area contributed by atoms with Gasteiger partial charge in [0.1, 0.15) is 6.67 Å². The van der Waals surface area contributed by atoms with Gasteiger partial charge in [0.15, 0.2) is 0 Å². The molecule has 1 saturated heterocycles. The summed E-state index contributed by atoms with van der Waals surface area (Å²) in [5.41, 5.74) is -0.00996. The van der Waals surface area contributed by atoms with Gasteiger partial charge in [-0.15, -0.1) is 0 Å². The molecule has 5 aliphatic rings. The van der Waals surface area contributed by atoms with Crippen molar-refractivity contribution >= 4 is 23.4 Å². The zero-order valence-corrected chi connectivity index (χ0v) is 14.7. The van der Waals surface area contributed by atoms with Crippen LogP contribution in [0.15, 0.2) is 42.5 Å². The van der Waals surface area contributed by atoms with Gasteiger partial charge in [-0.25, -0.2) is 0 Å². The smallest absolute Gasteiger partial charge is 0.286 e. The van der Waals surface area contributed by atoms with Gasteiger partial charge in [0.2, 0.25) is 11.8 Å². The Morgan fingerprint density at radius 2 is 1.54 bits per heavy atom. The fourth-order valence-corrected chi connectivity index (χ4v) is 5.32. The molecule has 0 N–H and O–H groups in total. The van der Waals surface area contributed by atoms with E-state index in [0.717, 1.165) is 11.3 Å². The molecule has 6 atom stereocenters. The Kier molecular flexibility index (Phi) is 3.54. The highest BCUT2D eigenvalue weighted by molar-refractivity contribution is 6.07. The van der Waals surface area contributed by atoms with E-state index in [1.807, 2.05) is 12.2 Å². The van der Waals surface area contributed by atoms with Crippen molar-refractivity contribution in [1.29, 1.82) is 0 Å². The molecule has 6 rings (SSSR count). The molecule has 1 heterocycles. The van der Waals surface area contributed by atoms with Crippen LogP contribution in [0, 0.1) is 35.5 Å². The maximum absolute atomic E-state index is 13.2. The van der Waals surface area contributed by atoms with Crippen molar-refractivity contribution < 1.29 is 27.6 Å². The third-order valence-electron chi connectivity index (χ3n) is 6.59. The van der Waals surface area contributed by atoms with Crippen molar-refractivity contribution in [3.63, 3.8) is 0 Å². The first-order chi connectivity index (χ1) is 13.3. The minimum atomic E-state index is -5.11. The monoisotopic (exact) mass is 390 g/mol. The molecule has 4 aliphatic carbocycles. The number of likely N-dealkylation sites (tertiary alicyclic amines) is 1. The molecule has 0 unspecified atom stereocenters. The maximum atomic E-state index is 13.2. The topological polar surface area (TPSA) is 57.7 Å². The number of hydrogen-bond donors (Lipinski definition) is 0. The average molecular weight is 390 g/mol. The molecule has 146 valence electrons. The minimum Gasteiger partial charge on any atom is -0.286 e. The van der Waals surface area contributed by atoms with Gasteiger partial charge in [0.05, 0.1) is 11.8 Å². The van der Waals surface area contributed by atoms with Crippen LogP contribution in [0.5, 0.6) is 0 Å². The zero-order chi connectivity index (χ0) is 19.8. The van der Waals surface area contributed by atoms with Crippen molar-refractivity contribution in [3.8, 4) is 0 Å². The zero-order valence-electron chi connectivity index (χ0n) is 14.7. The average Bonchev–Trinajstić information content (AvgIpc) is 3.45. The molecule has 0 spiro atoms. The van der Waals surface area contributed by atoms with Crippen molar-refractivity contribution in [2.45, 2.75) is 12.6 Å². The molecule has 8 heteroatoms. The number of carbonyl (C=O) groups excluding carboxylic acids is 3. The van der Waals surface area contributed by atoms with Crippen molar-refractivity contribution in [2.24, 2.45) is 35.5 Å². The van der Waals surface area contributed by atoms with Crippen LogP contribution in [0.25, 0.3) is 0 Å². The lowest BCUT2D eigenvalue weighted by Gasteiger charge is -2.37. The fraction of sp³-hybridized carbons (Fsp3) is 0.450. The van der Waals surface area contributed by atoms with Crippen LogP contribution >= 0.6 is 0 Å². The predicted octanol–water partition coefficient (Wildman–Crippen LogP) is 2.59. The van der Waals surface area contributed by atoms with E-state index in [4.69, 9.17) is 0 Å². The molecule has 1 aliphatic heterocycles. The van der Waals surface area contributed by atoms with Gasteiger partial charge < -0.3 is 0 Å². The largest absolute Gasteiger partial charge is 0.471 e. The van der Waals surface area contributed by atoms with Gasteiger partial charge in [-0.2, -0.15) is 13.2 Å². The lowest BCUT2D eigenvalue weighted by Crippen LogP contribution is -2.49. The first-order valence-electron chi connectivity index (χ1n) is 9.26. The van der Waals surface area contributed by atoms with Crippen molar-refractivity contribution in [1.82, 2.24) is 4.90 Å². The molecular formula is C20H17F3N2O3. The van der Waals surface area contributed by atoms with Crippen molar-refractivity contribution in [2.75, 3.05) is 11.6 Å². The summed E-state index contributed by atoms with van der Waals surface area (Å²) < 4.78 is 39.5. The van der Waals surface area contributed by atoms with E-state index in [2.05, 4.69) is 0 Å². The van der Waals surface area contributed by atoms with Gasteiger partial charge in [0, 0.05) is 5.69 Å². The normalized spacial score (nSPS) is 35.0. The summed E-state index contributed by atoms with van der Waals surface area (Å²) >= 11 is 0.